The molecule has 9 nitrogen and oxygen atoms in total. The minimum Gasteiger partial charge on any atom is -0.493 e. The number of likely N-dealkylation sites (tertiary alicyclic amines) is 1. The SMILES string of the molecule is COc1ccc(NC(=O)N2CCCC(Oc3nccnc3OC)C2)cc1OC. The number of hydrogen-bond donors (Lipinski definition) is 1. The highest BCUT2D eigenvalue weighted by atomic mass is 16.5. The van der Waals surface area contributed by atoms with Crippen LogP contribution in [0.15, 0.2) is 30.6 Å². The Labute approximate surface area is 163 Å². The number of aromatic nitrogens is 2. The molecule has 0 saturated carbocycles. The average molecular weight is 388 g/mol. The van der Waals surface area contributed by atoms with Gasteiger partial charge in [-0.2, -0.15) is 0 Å². The maximum atomic E-state index is 12.7. The maximum Gasteiger partial charge on any atom is 0.321 e. The van der Waals surface area contributed by atoms with Crippen LogP contribution in [-0.4, -0.2) is 61.4 Å². The molecule has 1 N–H and O–H groups in total. The summed E-state index contributed by atoms with van der Waals surface area (Å²) in [4.78, 5) is 22.6. The maximum absolute atomic E-state index is 12.7. The summed E-state index contributed by atoms with van der Waals surface area (Å²) in [6.45, 7) is 1.09. The van der Waals surface area contributed by atoms with Crippen LogP contribution in [0.5, 0.6) is 23.3 Å². The molecule has 0 spiro atoms. The lowest BCUT2D eigenvalue weighted by Gasteiger charge is -2.32. The Bertz CT molecular complexity index is 817. The van der Waals surface area contributed by atoms with E-state index in [4.69, 9.17) is 18.9 Å². The Hall–Kier alpha value is -3.23. The Morgan fingerprint density at radius 3 is 2.54 bits per heavy atom. The number of hydrogen-bond acceptors (Lipinski definition) is 7. The van der Waals surface area contributed by atoms with Crippen LogP contribution in [0.3, 0.4) is 0 Å². The van der Waals surface area contributed by atoms with Crippen molar-refractivity contribution < 1.29 is 23.7 Å². The predicted molar refractivity (Wildman–Crippen MR) is 102 cm³/mol. The second kappa shape index (κ2) is 9.12. The molecule has 0 aliphatic carbocycles. The van der Waals surface area contributed by atoms with Gasteiger partial charge in [0.25, 0.3) is 11.8 Å². The number of methoxy groups -OCH3 is 3. The van der Waals surface area contributed by atoms with Crippen LogP contribution in [0.2, 0.25) is 0 Å². The Morgan fingerprint density at radius 1 is 1.07 bits per heavy atom. The van der Waals surface area contributed by atoms with Crippen molar-refractivity contribution in [2.45, 2.75) is 18.9 Å². The molecule has 3 rings (SSSR count). The molecule has 1 aliphatic rings. The molecule has 9 heteroatoms. The van der Waals surface area contributed by atoms with Crippen molar-refractivity contribution in [3.05, 3.63) is 30.6 Å². The standard InChI is InChI=1S/C19H24N4O5/c1-25-15-7-6-13(11-16(15)26-2)22-19(24)23-10-4-5-14(12-23)28-18-17(27-3)20-8-9-21-18/h6-9,11,14H,4-5,10,12H2,1-3H3,(H,22,24). The van der Waals surface area contributed by atoms with Crippen LogP contribution < -0.4 is 24.3 Å². The van der Waals surface area contributed by atoms with Crippen molar-refractivity contribution in [3.8, 4) is 23.3 Å². The Morgan fingerprint density at radius 2 is 1.82 bits per heavy atom. The number of benzene rings is 1. The molecule has 0 bridgehead atoms. The summed E-state index contributed by atoms with van der Waals surface area (Å²) in [6, 6.07) is 5.03. The van der Waals surface area contributed by atoms with Gasteiger partial charge in [-0.25, -0.2) is 14.8 Å². The number of ether oxygens (including phenoxy) is 4. The van der Waals surface area contributed by atoms with Gasteiger partial charge in [-0.05, 0) is 25.0 Å². The van der Waals surface area contributed by atoms with E-state index >= 15 is 0 Å². The van der Waals surface area contributed by atoms with Crippen LogP contribution >= 0.6 is 0 Å². The van der Waals surface area contributed by atoms with Crippen molar-refractivity contribution in [2.24, 2.45) is 0 Å². The molecule has 28 heavy (non-hydrogen) atoms. The van der Waals surface area contributed by atoms with Gasteiger partial charge in [-0.3, -0.25) is 0 Å². The molecule has 0 radical (unpaired) electrons. The highest BCUT2D eigenvalue weighted by Gasteiger charge is 2.26. The van der Waals surface area contributed by atoms with E-state index in [0.29, 0.717) is 42.0 Å². The fourth-order valence-corrected chi connectivity index (χ4v) is 3.03. The molecule has 1 saturated heterocycles. The number of anilines is 1. The quantitative estimate of drug-likeness (QED) is 0.813. The normalized spacial score (nSPS) is 16.2. The average Bonchev–Trinajstić information content (AvgIpc) is 2.74. The highest BCUT2D eigenvalue weighted by Crippen LogP contribution is 2.30. The molecule has 1 aliphatic heterocycles. The Kier molecular flexibility index (Phi) is 6.36. The summed E-state index contributed by atoms with van der Waals surface area (Å²) < 4.78 is 21.6. The first-order chi connectivity index (χ1) is 13.6. The van der Waals surface area contributed by atoms with Crippen LogP contribution in [0.4, 0.5) is 10.5 Å². The van der Waals surface area contributed by atoms with E-state index in [2.05, 4.69) is 15.3 Å². The Balaban J connectivity index is 1.63. The number of nitrogens with one attached hydrogen (secondary N) is 1. The van der Waals surface area contributed by atoms with Crippen LogP contribution in [-0.2, 0) is 0 Å². The number of amides is 2. The van der Waals surface area contributed by atoms with Crippen molar-refractivity contribution >= 4 is 11.7 Å². The van der Waals surface area contributed by atoms with Crippen molar-refractivity contribution in [1.29, 1.82) is 0 Å². The number of rotatable bonds is 6. The molecule has 2 aromatic rings. The fourth-order valence-electron chi connectivity index (χ4n) is 3.03. The highest BCUT2D eigenvalue weighted by molar-refractivity contribution is 5.89. The van der Waals surface area contributed by atoms with E-state index in [0.717, 1.165) is 12.8 Å². The van der Waals surface area contributed by atoms with Gasteiger partial charge in [0.2, 0.25) is 0 Å². The molecule has 150 valence electrons. The van der Waals surface area contributed by atoms with Crippen LogP contribution in [0.1, 0.15) is 12.8 Å². The second-order valence-electron chi connectivity index (χ2n) is 6.20. The number of urea groups is 1. The zero-order valence-electron chi connectivity index (χ0n) is 16.2. The third-order valence-corrected chi connectivity index (χ3v) is 4.41. The van der Waals surface area contributed by atoms with Gasteiger partial charge < -0.3 is 29.2 Å². The zero-order valence-corrected chi connectivity index (χ0v) is 16.2. The summed E-state index contributed by atoms with van der Waals surface area (Å²) in [7, 11) is 4.63. The van der Waals surface area contributed by atoms with Crippen LogP contribution in [0, 0.1) is 0 Å². The molecular weight excluding hydrogens is 364 g/mol. The van der Waals surface area contributed by atoms with Gasteiger partial charge in [0.1, 0.15) is 6.10 Å². The van der Waals surface area contributed by atoms with E-state index in [9.17, 15) is 4.79 Å². The summed E-state index contributed by atoms with van der Waals surface area (Å²) in [5.41, 5.74) is 0.626. The molecule has 1 unspecified atom stereocenters. The third-order valence-electron chi connectivity index (χ3n) is 4.41. The second-order valence-corrected chi connectivity index (χ2v) is 6.20. The molecule has 1 aromatic carbocycles. The van der Waals surface area contributed by atoms with Gasteiger partial charge in [0.05, 0.1) is 27.9 Å². The number of nitrogens with zero attached hydrogens (tertiary/aromatic N) is 3. The predicted octanol–water partition coefficient (Wildman–Crippen LogP) is 2.58. The number of carbonyl (C=O) groups excluding carboxylic acids is 1. The van der Waals surface area contributed by atoms with E-state index in [-0.39, 0.29) is 12.1 Å². The van der Waals surface area contributed by atoms with E-state index in [1.165, 1.54) is 13.3 Å². The summed E-state index contributed by atoms with van der Waals surface area (Å²) in [6.07, 6.45) is 4.54. The lowest BCUT2D eigenvalue weighted by Crippen LogP contribution is -2.46. The minimum atomic E-state index is -0.202. The monoisotopic (exact) mass is 388 g/mol. The molecular formula is C19H24N4O5. The van der Waals surface area contributed by atoms with Gasteiger partial charge >= 0.3 is 6.03 Å². The van der Waals surface area contributed by atoms with Crippen molar-refractivity contribution in [2.75, 3.05) is 39.7 Å². The lowest BCUT2D eigenvalue weighted by atomic mass is 10.1. The van der Waals surface area contributed by atoms with Crippen molar-refractivity contribution in [1.82, 2.24) is 14.9 Å². The van der Waals surface area contributed by atoms with Crippen molar-refractivity contribution in [3.63, 3.8) is 0 Å². The molecule has 2 heterocycles. The third kappa shape index (κ3) is 4.54. The largest absolute Gasteiger partial charge is 0.493 e. The first-order valence-corrected chi connectivity index (χ1v) is 8.94. The van der Waals surface area contributed by atoms with Crippen LogP contribution in [0.25, 0.3) is 0 Å². The minimum absolute atomic E-state index is 0.185. The number of carbonyl (C=O) groups is 1. The summed E-state index contributed by atoms with van der Waals surface area (Å²) in [5.74, 6) is 1.81. The molecule has 1 fully saturated rings. The smallest absolute Gasteiger partial charge is 0.321 e. The summed E-state index contributed by atoms with van der Waals surface area (Å²) >= 11 is 0. The first kappa shape index (κ1) is 19.5. The first-order valence-electron chi connectivity index (χ1n) is 8.94. The lowest BCUT2D eigenvalue weighted by molar-refractivity contribution is 0.0988. The fraction of sp³-hybridized carbons (Fsp3) is 0.421. The molecule has 1 atom stereocenters. The van der Waals surface area contributed by atoms with E-state index in [1.807, 2.05) is 0 Å². The van der Waals surface area contributed by atoms with Gasteiger partial charge in [0, 0.05) is 30.7 Å². The molecule has 1 aromatic heterocycles. The zero-order chi connectivity index (χ0) is 19.9. The number of piperidine rings is 1. The van der Waals surface area contributed by atoms with Gasteiger partial charge in [-0.15, -0.1) is 0 Å². The molecule has 2 amide bonds. The van der Waals surface area contributed by atoms with Gasteiger partial charge in [0.15, 0.2) is 11.5 Å². The van der Waals surface area contributed by atoms with E-state index < -0.39 is 0 Å². The van der Waals surface area contributed by atoms with E-state index in [1.54, 1.807) is 43.5 Å². The van der Waals surface area contributed by atoms with Gasteiger partial charge in [-0.1, -0.05) is 0 Å². The summed E-state index contributed by atoms with van der Waals surface area (Å²) in [5, 5.41) is 2.89. The topological polar surface area (TPSA) is 95.0 Å².